The molecule has 0 bridgehead atoms. The molecule has 0 aliphatic carbocycles. The minimum Gasteiger partial charge on any atom is -0.353 e. The molecule has 2 amide bonds. The molecule has 2 aromatic heterocycles. The van der Waals surface area contributed by atoms with Crippen LogP contribution < -0.4 is 15.5 Å². The first-order chi connectivity index (χ1) is 15.1. The van der Waals surface area contributed by atoms with Gasteiger partial charge in [-0.3, -0.25) is 0 Å². The van der Waals surface area contributed by atoms with Crippen LogP contribution in [0.3, 0.4) is 0 Å². The van der Waals surface area contributed by atoms with Gasteiger partial charge in [-0.05, 0) is 49.6 Å². The number of nitrogens with one attached hydrogen (secondary N) is 2. The molecule has 1 aromatic carbocycles. The Balaban J connectivity index is 1.33. The van der Waals surface area contributed by atoms with E-state index in [2.05, 4.69) is 48.9 Å². The zero-order chi connectivity index (χ0) is 21.6. The summed E-state index contributed by atoms with van der Waals surface area (Å²) in [5, 5.41) is 23.3. The highest BCUT2D eigenvalue weighted by Gasteiger charge is 2.22. The highest BCUT2D eigenvalue weighted by atomic mass is 32.2. The predicted octanol–water partition coefficient (Wildman–Crippen LogP) is 3.25. The number of hydrogen-bond acceptors (Lipinski definition) is 7. The second-order valence-corrected chi connectivity index (χ2v) is 8.88. The molecule has 1 aliphatic heterocycles. The monoisotopic (exact) mass is 438 g/mol. The van der Waals surface area contributed by atoms with Gasteiger partial charge in [-0.15, -0.1) is 15.3 Å². The molecule has 1 aliphatic rings. The smallest absolute Gasteiger partial charge is 0.319 e. The molecule has 1 saturated heterocycles. The quantitative estimate of drug-likeness (QED) is 0.570. The second-order valence-electron chi connectivity index (χ2n) is 7.58. The maximum Gasteiger partial charge on any atom is 0.319 e. The molecule has 1 unspecified atom stereocenters. The lowest BCUT2D eigenvalue weighted by molar-refractivity contribution is 0.246. The number of urea groups is 1. The molecule has 0 spiro atoms. The summed E-state index contributed by atoms with van der Waals surface area (Å²) in [4.78, 5) is 14.8. The summed E-state index contributed by atoms with van der Waals surface area (Å²) in [6.45, 7) is 3.75. The molecule has 3 aromatic rings. The molecule has 162 valence electrons. The Kier molecular flexibility index (Phi) is 6.66. The molecule has 1 fully saturated rings. The van der Waals surface area contributed by atoms with Crippen LogP contribution in [0.1, 0.15) is 30.6 Å². The largest absolute Gasteiger partial charge is 0.353 e. The summed E-state index contributed by atoms with van der Waals surface area (Å²) < 4.78 is 1.89. The molecule has 10 heteroatoms. The number of benzene rings is 1. The van der Waals surface area contributed by atoms with E-state index in [0.29, 0.717) is 0 Å². The van der Waals surface area contributed by atoms with E-state index in [4.69, 9.17) is 0 Å². The Morgan fingerprint density at radius 2 is 2.13 bits per heavy atom. The summed E-state index contributed by atoms with van der Waals surface area (Å²) in [6.07, 6.45) is 5.29. The van der Waals surface area contributed by atoms with Gasteiger partial charge >= 0.3 is 6.03 Å². The van der Waals surface area contributed by atoms with Crippen molar-refractivity contribution < 1.29 is 4.79 Å². The molecule has 3 heterocycles. The van der Waals surface area contributed by atoms with Crippen LogP contribution in [-0.4, -0.2) is 50.1 Å². The van der Waals surface area contributed by atoms with Gasteiger partial charge in [0.15, 0.2) is 11.0 Å². The zero-order valence-electron chi connectivity index (χ0n) is 17.6. The van der Waals surface area contributed by atoms with Gasteiger partial charge in [-0.25, -0.2) is 4.79 Å². The third-order valence-electron chi connectivity index (χ3n) is 5.20. The first-order valence-electron chi connectivity index (χ1n) is 10.3. The maximum absolute atomic E-state index is 12.6. The van der Waals surface area contributed by atoms with Gasteiger partial charge in [0.25, 0.3) is 0 Å². The number of carbonyl (C=O) groups excluding carboxylic acids is 1. The van der Waals surface area contributed by atoms with E-state index in [1.807, 2.05) is 41.9 Å². The fourth-order valence-electron chi connectivity index (χ4n) is 3.59. The van der Waals surface area contributed by atoms with Crippen LogP contribution in [0.4, 0.5) is 16.3 Å². The van der Waals surface area contributed by atoms with Gasteiger partial charge in [-0.2, -0.15) is 5.10 Å². The number of aryl methyl sites for hydroxylation is 1. The predicted molar refractivity (Wildman–Crippen MR) is 121 cm³/mol. The Morgan fingerprint density at radius 3 is 2.90 bits per heavy atom. The number of piperidine rings is 1. The van der Waals surface area contributed by atoms with E-state index in [-0.39, 0.29) is 17.3 Å². The van der Waals surface area contributed by atoms with Crippen molar-refractivity contribution in [1.29, 1.82) is 0 Å². The number of aromatic nitrogens is 5. The summed E-state index contributed by atoms with van der Waals surface area (Å²) in [7, 11) is 1.92. The minimum atomic E-state index is -0.197. The molecule has 4 rings (SSSR count). The van der Waals surface area contributed by atoms with E-state index < -0.39 is 0 Å². The number of hydrogen-bond donors (Lipinski definition) is 2. The third-order valence-corrected chi connectivity index (χ3v) is 6.41. The summed E-state index contributed by atoms with van der Waals surface area (Å²) in [5.74, 6) is 0.844. The van der Waals surface area contributed by atoms with Gasteiger partial charge in [0.2, 0.25) is 0 Å². The van der Waals surface area contributed by atoms with Crippen molar-refractivity contribution in [2.75, 3.05) is 23.3 Å². The van der Waals surface area contributed by atoms with E-state index in [1.165, 1.54) is 0 Å². The van der Waals surface area contributed by atoms with E-state index in [9.17, 15) is 4.79 Å². The Labute approximate surface area is 185 Å². The number of carbonyl (C=O) groups is 1. The van der Waals surface area contributed by atoms with Crippen LogP contribution in [0.25, 0.3) is 0 Å². The van der Waals surface area contributed by atoms with Crippen molar-refractivity contribution >= 4 is 29.3 Å². The van der Waals surface area contributed by atoms with Crippen LogP contribution >= 0.6 is 11.8 Å². The first-order valence-corrected chi connectivity index (χ1v) is 11.2. The zero-order valence-corrected chi connectivity index (χ0v) is 18.4. The molecule has 0 radical (unpaired) electrons. The van der Waals surface area contributed by atoms with Crippen LogP contribution in [0.5, 0.6) is 0 Å². The fraction of sp³-hybridized carbons (Fsp3) is 0.381. The first kappa shape index (κ1) is 21.1. The highest BCUT2D eigenvalue weighted by Crippen LogP contribution is 2.34. The number of amides is 2. The molecular formula is C21H26N8OS. The lowest BCUT2D eigenvalue weighted by atomic mass is 10.1. The molecule has 2 N–H and O–H groups in total. The van der Waals surface area contributed by atoms with Crippen LogP contribution in [0, 0.1) is 0 Å². The van der Waals surface area contributed by atoms with E-state index >= 15 is 0 Å². The van der Waals surface area contributed by atoms with Crippen molar-refractivity contribution in [2.24, 2.45) is 7.05 Å². The van der Waals surface area contributed by atoms with Crippen molar-refractivity contribution in [1.82, 2.24) is 30.3 Å². The summed E-state index contributed by atoms with van der Waals surface area (Å²) >= 11 is 1.63. The number of rotatable bonds is 6. The van der Waals surface area contributed by atoms with Gasteiger partial charge in [-0.1, -0.05) is 23.9 Å². The van der Waals surface area contributed by atoms with E-state index in [0.717, 1.165) is 48.2 Å². The SMILES string of the molecule is C[C@H](Sc1nncn1C)c1cccc(NC(=O)NC2CCCN(c3cccnn3)C2)c1. The average molecular weight is 439 g/mol. The topological polar surface area (TPSA) is 101 Å². The molecule has 0 saturated carbocycles. The van der Waals surface area contributed by atoms with Gasteiger partial charge in [0, 0.05) is 43.3 Å². The van der Waals surface area contributed by atoms with E-state index in [1.54, 1.807) is 24.3 Å². The van der Waals surface area contributed by atoms with Gasteiger partial charge < -0.3 is 20.1 Å². The molecule has 9 nitrogen and oxygen atoms in total. The number of thioether (sulfide) groups is 1. The molecule has 31 heavy (non-hydrogen) atoms. The van der Waals surface area contributed by atoms with Crippen LogP contribution in [0.2, 0.25) is 0 Å². The standard InChI is InChI=1S/C21H26N8OS/c1-15(31-21-27-23-14-28(21)2)16-6-3-7-17(12-16)24-20(30)25-18-8-5-11-29(13-18)19-9-4-10-22-26-19/h3-4,6-7,9-10,12,14-15,18H,5,8,11,13H2,1-2H3,(H2,24,25,30)/t15-,18?/m0/s1. The molecular weight excluding hydrogens is 412 g/mol. The van der Waals surface area contributed by atoms with Crippen LogP contribution in [-0.2, 0) is 7.05 Å². The maximum atomic E-state index is 12.6. The number of anilines is 2. The molecule has 2 atom stereocenters. The summed E-state index contributed by atoms with van der Waals surface area (Å²) in [6, 6.07) is 11.6. The van der Waals surface area contributed by atoms with Crippen molar-refractivity contribution in [3.05, 3.63) is 54.5 Å². The number of nitrogens with zero attached hydrogens (tertiary/aromatic N) is 6. The van der Waals surface area contributed by atoms with Crippen LogP contribution in [0.15, 0.2) is 54.1 Å². The van der Waals surface area contributed by atoms with Gasteiger partial charge in [0.05, 0.1) is 0 Å². The Hall–Kier alpha value is -3.14. The van der Waals surface area contributed by atoms with Gasteiger partial charge in [0.1, 0.15) is 6.33 Å². The summed E-state index contributed by atoms with van der Waals surface area (Å²) in [5.41, 5.74) is 1.87. The lowest BCUT2D eigenvalue weighted by Gasteiger charge is -2.33. The fourth-order valence-corrected chi connectivity index (χ4v) is 4.50. The Bertz CT molecular complexity index is 1010. The highest BCUT2D eigenvalue weighted by molar-refractivity contribution is 7.99. The minimum absolute atomic E-state index is 0.0596. The van der Waals surface area contributed by atoms with Crippen molar-refractivity contribution in [3.8, 4) is 0 Å². The normalized spacial score (nSPS) is 17.2. The second kappa shape index (κ2) is 9.78. The lowest BCUT2D eigenvalue weighted by Crippen LogP contribution is -2.49. The third kappa shape index (κ3) is 5.52. The van der Waals surface area contributed by atoms with Crippen molar-refractivity contribution in [3.63, 3.8) is 0 Å². The average Bonchev–Trinajstić information content (AvgIpc) is 3.19. The van der Waals surface area contributed by atoms with Crippen molar-refractivity contribution in [2.45, 2.75) is 36.2 Å². The Morgan fingerprint density at radius 1 is 1.23 bits per heavy atom.